The van der Waals surface area contributed by atoms with Crippen LogP contribution in [0.4, 0.5) is 10.1 Å². The van der Waals surface area contributed by atoms with Gasteiger partial charge in [0.15, 0.2) is 0 Å². The monoisotopic (exact) mass is 255 g/mol. The molecule has 0 aliphatic rings. The van der Waals surface area contributed by atoms with Gasteiger partial charge in [-0.1, -0.05) is 11.6 Å². The van der Waals surface area contributed by atoms with E-state index in [0.717, 1.165) is 18.7 Å². The highest BCUT2D eigenvalue weighted by molar-refractivity contribution is 7.07. The Kier molecular flexibility index (Phi) is 3.80. The van der Waals surface area contributed by atoms with Gasteiger partial charge in [0, 0.05) is 6.54 Å². The first-order valence-electron chi connectivity index (χ1n) is 4.96. The molecular formula is C12H11ClFNS. The second-order valence-corrected chi connectivity index (χ2v) is 4.62. The number of anilines is 1. The molecular weight excluding hydrogens is 245 g/mol. The number of nitrogens with one attached hydrogen (secondary N) is 1. The maximum Gasteiger partial charge on any atom is 0.124 e. The van der Waals surface area contributed by atoms with E-state index in [9.17, 15) is 4.39 Å². The van der Waals surface area contributed by atoms with Crippen molar-refractivity contribution in [3.63, 3.8) is 0 Å². The minimum atomic E-state index is -0.312. The van der Waals surface area contributed by atoms with Gasteiger partial charge in [-0.25, -0.2) is 4.39 Å². The molecule has 0 unspecified atom stereocenters. The summed E-state index contributed by atoms with van der Waals surface area (Å²) in [7, 11) is 0. The zero-order valence-electron chi connectivity index (χ0n) is 8.54. The first-order valence-corrected chi connectivity index (χ1v) is 6.28. The fourth-order valence-electron chi connectivity index (χ4n) is 1.41. The molecule has 1 N–H and O–H groups in total. The fraction of sp³-hybridized carbons (Fsp3) is 0.167. The number of halogens is 2. The molecule has 1 aromatic carbocycles. The van der Waals surface area contributed by atoms with Crippen LogP contribution in [0.15, 0.2) is 35.0 Å². The normalized spacial score (nSPS) is 10.4. The molecule has 16 heavy (non-hydrogen) atoms. The van der Waals surface area contributed by atoms with Crippen LogP contribution in [0.1, 0.15) is 5.56 Å². The molecule has 2 aromatic rings. The molecule has 0 amide bonds. The van der Waals surface area contributed by atoms with Crippen LogP contribution in [0.5, 0.6) is 0 Å². The van der Waals surface area contributed by atoms with Crippen LogP contribution in [-0.2, 0) is 6.42 Å². The van der Waals surface area contributed by atoms with Gasteiger partial charge in [-0.15, -0.1) is 0 Å². The topological polar surface area (TPSA) is 12.0 Å². The highest BCUT2D eigenvalue weighted by Gasteiger charge is 2.01. The lowest BCUT2D eigenvalue weighted by atomic mass is 10.2. The predicted molar refractivity (Wildman–Crippen MR) is 67.9 cm³/mol. The van der Waals surface area contributed by atoms with Gasteiger partial charge in [0.2, 0.25) is 0 Å². The van der Waals surface area contributed by atoms with Gasteiger partial charge in [-0.2, -0.15) is 11.3 Å². The zero-order chi connectivity index (χ0) is 11.4. The molecule has 0 atom stereocenters. The highest BCUT2D eigenvalue weighted by atomic mass is 35.5. The molecule has 0 fully saturated rings. The molecule has 0 aliphatic carbocycles. The Morgan fingerprint density at radius 3 is 2.88 bits per heavy atom. The summed E-state index contributed by atoms with van der Waals surface area (Å²) in [5.74, 6) is -0.312. The van der Waals surface area contributed by atoms with E-state index in [-0.39, 0.29) is 5.82 Å². The number of thiophene rings is 1. The fourth-order valence-corrected chi connectivity index (χ4v) is 2.35. The first-order chi connectivity index (χ1) is 7.75. The summed E-state index contributed by atoms with van der Waals surface area (Å²) in [6.07, 6.45) is 0.942. The Hall–Kier alpha value is -1.06. The molecule has 0 radical (unpaired) electrons. The summed E-state index contributed by atoms with van der Waals surface area (Å²) in [4.78, 5) is 0. The van der Waals surface area contributed by atoms with Crippen molar-refractivity contribution in [3.05, 3.63) is 51.4 Å². The second-order valence-electron chi connectivity index (χ2n) is 3.43. The third-order valence-electron chi connectivity index (χ3n) is 2.24. The Labute approximate surface area is 103 Å². The maximum atomic E-state index is 12.8. The predicted octanol–water partition coefficient (Wildman–Crippen LogP) is 4.20. The van der Waals surface area contributed by atoms with Crippen molar-refractivity contribution in [2.75, 3.05) is 11.9 Å². The van der Waals surface area contributed by atoms with E-state index in [1.54, 1.807) is 17.4 Å². The van der Waals surface area contributed by atoms with Gasteiger partial charge in [0.1, 0.15) is 5.82 Å². The lowest BCUT2D eigenvalue weighted by molar-refractivity contribution is 0.628. The van der Waals surface area contributed by atoms with Gasteiger partial charge in [-0.3, -0.25) is 0 Å². The third kappa shape index (κ3) is 2.97. The van der Waals surface area contributed by atoms with E-state index in [1.165, 1.54) is 17.7 Å². The Bertz CT molecular complexity index is 456. The van der Waals surface area contributed by atoms with Gasteiger partial charge in [0.25, 0.3) is 0 Å². The minimum absolute atomic E-state index is 0.312. The smallest absolute Gasteiger partial charge is 0.124 e. The van der Waals surface area contributed by atoms with E-state index in [4.69, 9.17) is 11.6 Å². The Morgan fingerprint density at radius 1 is 1.31 bits per heavy atom. The van der Waals surface area contributed by atoms with Crippen molar-refractivity contribution in [3.8, 4) is 0 Å². The van der Waals surface area contributed by atoms with E-state index < -0.39 is 0 Å². The minimum Gasteiger partial charge on any atom is -0.384 e. The van der Waals surface area contributed by atoms with Crippen LogP contribution in [0, 0.1) is 5.82 Å². The van der Waals surface area contributed by atoms with Crippen molar-refractivity contribution in [2.45, 2.75) is 6.42 Å². The van der Waals surface area contributed by atoms with Crippen molar-refractivity contribution >= 4 is 28.6 Å². The van der Waals surface area contributed by atoms with Crippen molar-refractivity contribution < 1.29 is 4.39 Å². The largest absolute Gasteiger partial charge is 0.384 e. The first kappa shape index (κ1) is 11.4. The zero-order valence-corrected chi connectivity index (χ0v) is 10.1. The molecule has 0 bridgehead atoms. The SMILES string of the molecule is Fc1ccc(NCCc2ccsc2)c(Cl)c1. The summed E-state index contributed by atoms with van der Waals surface area (Å²) in [6.45, 7) is 0.794. The standard InChI is InChI=1S/C12H11ClFNS/c13-11-7-10(14)1-2-12(11)15-5-3-9-4-6-16-8-9/h1-2,4,6-8,15H,3,5H2. The van der Waals surface area contributed by atoms with Gasteiger partial charge < -0.3 is 5.32 Å². The van der Waals surface area contributed by atoms with Gasteiger partial charge in [0.05, 0.1) is 10.7 Å². The van der Waals surface area contributed by atoms with Crippen molar-refractivity contribution in [1.29, 1.82) is 0 Å². The number of benzene rings is 1. The van der Waals surface area contributed by atoms with Crippen molar-refractivity contribution in [2.24, 2.45) is 0 Å². The average molecular weight is 256 g/mol. The van der Waals surface area contributed by atoms with Crippen LogP contribution < -0.4 is 5.32 Å². The quantitative estimate of drug-likeness (QED) is 0.864. The van der Waals surface area contributed by atoms with E-state index in [1.807, 2.05) is 0 Å². The lowest BCUT2D eigenvalue weighted by Crippen LogP contribution is -2.04. The van der Waals surface area contributed by atoms with E-state index >= 15 is 0 Å². The number of hydrogen-bond acceptors (Lipinski definition) is 2. The van der Waals surface area contributed by atoms with Crippen LogP contribution >= 0.6 is 22.9 Å². The summed E-state index contributed by atoms with van der Waals surface area (Å²) in [5, 5.41) is 7.78. The number of rotatable bonds is 4. The Balaban J connectivity index is 1.90. The molecule has 84 valence electrons. The molecule has 0 aliphatic heterocycles. The summed E-state index contributed by atoms with van der Waals surface area (Å²) in [6, 6.07) is 6.47. The van der Waals surface area contributed by atoms with Crippen LogP contribution in [0.3, 0.4) is 0 Å². The second kappa shape index (κ2) is 5.32. The highest BCUT2D eigenvalue weighted by Crippen LogP contribution is 2.22. The molecule has 1 heterocycles. The van der Waals surface area contributed by atoms with Crippen LogP contribution in [0.2, 0.25) is 5.02 Å². The third-order valence-corrected chi connectivity index (χ3v) is 3.29. The molecule has 1 aromatic heterocycles. The summed E-state index contributed by atoms with van der Waals surface area (Å²) in [5.41, 5.74) is 2.08. The van der Waals surface area contributed by atoms with E-state index in [2.05, 4.69) is 22.1 Å². The average Bonchev–Trinajstić information content (AvgIpc) is 2.74. The molecule has 4 heteroatoms. The number of hydrogen-bond donors (Lipinski definition) is 1. The summed E-state index contributed by atoms with van der Waals surface area (Å²) < 4.78 is 12.8. The van der Waals surface area contributed by atoms with Gasteiger partial charge in [-0.05, 0) is 47.0 Å². The Morgan fingerprint density at radius 2 is 2.19 bits per heavy atom. The lowest BCUT2D eigenvalue weighted by Gasteiger charge is -2.07. The molecule has 1 nitrogen and oxygen atoms in total. The molecule has 0 saturated heterocycles. The summed E-state index contributed by atoms with van der Waals surface area (Å²) >= 11 is 7.58. The van der Waals surface area contributed by atoms with Crippen molar-refractivity contribution in [1.82, 2.24) is 0 Å². The molecule has 2 rings (SSSR count). The molecule has 0 spiro atoms. The maximum absolute atomic E-state index is 12.8. The van der Waals surface area contributed by atoms with Crippen LogP contribution in [-0.4, -0.2) is 6.54 Å². The van der Waals surface area contributed by atoms with Crippen LogP contribution in [0.25, 0.3) is 0 Å². The van der Waals surface area contributed by atoms with Gasteiger partial charge >= 0.3 is 0 Å². The molecule has 0 saturated carbocycles. The van der Waals surface area contributed by atoms with E-state index in [0.29, 0.717) is 5.02 Å².